The third-order valence-electron chi connectivity index (χ3n) is 3.59. The number of halogens is 1. The highest BCUT2D eigenvalue weighted by Crippen LogP contribution is 2.21. The first kappa shape index (κ1) is 16.1. The van der Waals surface area contributed by atoms with Gasteiger partial charge in [-0.1, -0.05) is 41.9 Å². The van der Waals surface area contributed by atoms with Crippen molar-refractivity contribution in [3.05, 3.63) is 76.9 Å². The van der Waals surface area contributed by atoms with Crippen LogP contribution in [0.4, 0.5) is 5.82 Å². The summed E-state index contributed by atoms with van der Waals surface area (Å²) in [5.41, 5.74) is 1.39. The Labute approximate surface area is 144 Å². The molecule has 122 valence electrons. The molecule has 24 heavy (non-hydrogen) atoms. The Morgan fingerprint density at radius 1 is 1.17 bits per heavy atom. The minimum Gasteiger partial charge on any atom is -0.496 e. The molecule has 1 aromatic heterocycles. The van der Waals surface area contributed by atoms with E-state index in [4.69, 9.17) is 16.3 Å². The number of anilines is 1. The fourth-order valence-corrected chi connectivity index (χ4v) is 2.56. The molecule has 6 heteroatoms. The van der Waals surface area contributed by atoms with Crippen molar-refractivity contribution in [2.24, 2.45) is 0 Å². The van der Waals surface area contributed by atoms with E-state index in [9.17, 15) is 4.79 Å². The zero-order chi connectivity index (χ0) is 16.9. The van der Waals surface area contributed by atoms with E-state index >= 15 is 0 Å². The molecule has 0 atom stereocenters. The van der Waals surface area contributed by atoms with Crippen molar-refractivity contribution in [1.29, 1.82) is 0 Å². The Morgan fingerprint density at radius 2 is 1.92 bits per heavy atom. The van der Waals surface area contributed by atoms with Gasteiger partial charge in [-0.25, -0.2) is 4.68 Å². The molecule has 0 aliphatic carbocycles. The molecule has 2 aromatic carbocycles. The van der Waals surface area contributed by atoms with Crippen molar-refractivity contribution in [2.75, 3.05) is 12.4 Å². The molecule has 0 radical (unpaired) electrons. The van der Waals surface area contributed by atoms with E-state index in [2.05, 4.69) is 10.4 Å². The van der Waals surface area contributed by atoms with Gasteiger partial charge in [0, 0.05) is 11.1 Å². The maximum atomic E-state index is 12.5. The number of ether oxygens (including phenoxy) is 1. The van der Waals surface area contributed by atoms with Crippen molar-refractivity contribution in [3.63, 3.8) is 0 Å². The second-order valence-corrected chi connectivity index (χ2v) is 5.53. The predicted octanol–water partition coefficient (Wildman–Crippen LogP) is 3.85. The molecule has 0 fully saturated rings. The lowest BCUT2D eigenvalue weighted by Crippen LogP contribution is -2.17. The summed E-state index contributed by atoms with van der Waals surface area (Å²) >= 11 is 6.19. The summed E-state index contributed by atoms with van der Waals surface area (Å²) in [5.74, 6) is 0.853. The molecule has 0 saturated heterocycles. The number of benzene rings is 2. The number of amides is 1. The van der Waals surface area contributed by atoms with Crippen LogP contribution in [0.15, 0.2) is 60.8 Å². The van der Waals surface area contributed by atoms with Crippen LogP contribution in [-0.4, -0.2) is 22.8 Å². The lowest BCUT2D eigenvalue weighted by molar-refractivity contribution is 0.102. The third-order valence-corrected chi connectivity index (χ3v) is 3.96. The number of methoxy groups -OCH3 is 1. The highest BCUT2D eigenvalue weighted by molar-refractivity contribution is 6.31. The Hall–Kier alpha value is -2.79. The number of carbonyl (C=O) groups excluding carboxylic acids is 1. The summed E-state index contributed by atoms with van der Waals surface area (Å²) in [6.45, 7) is 0.466. The second-order valence-electron chi connectivity index (χ2n) is 5.12. The number of para-hydroxylation sites is 1. The molecule has 5 nitrogen and oxygen atoms in total. The fraction of sp³-hybridized carbons (Fsp3) is 0.111. The summed E-state index contributed by atoms with van der Waals surface area (Å²) in [6, 6.07) is 16.3. The van der Waals surface area contributed by atoms with E-state index in [1.54, 1.807) is 35.1 Å². The first-order valence-corrected chi connectivity index (χ1v) is 7.76. The number of rotatable bonds is 5. The highest BCUT2D eigenvalue weighted by atomic mass is 35.5. The number of hydrogen-bond acceptors (Lipinski definition) is 3. The van der Waals surface area contributed by atoms with E-state index in [0.29, 0.717) is 28.7 Å². The molecular formula is C18H16ClN3O2. The average Bonchev–Trinajstić information content (AvgIpc) is 3.03. The molecule has 1 heterocycles. The van der Waals surface area contributed by atoms with Gasteiger partial charge in [0.1, 0.15) is 11.6 Å². The van der Waals surface area contributed by atoms with E-state index in [0.717, 1.165) is 5.56 Å². The Morgan fingerprint density at radius 3 is 2.71 bits per heavy atom. The SMILES string of the molecule is COc1ccccc1C(=O)Nc1ccnn1Cc1ccccc1Cl. The first-order valence-electron chi connectivity index (χ1n) is 7.38. The molecule has 0 saturated carbocycles. The van der Waals surface area contributed by atoms with Crippen LogP contribution >= 0.6 is 11.6 Å². The summed E-state index contributed by atoms with van der Waals surface area (Å²) in [5, 5.41) is 7.78. The van der Waals surface area contributed by atoms with Gasteiger partial charge in [0.2, 0.25) is 0 Å². The number of nitrogens with zero attached hydrogens (tertiary/aromatic N) is 2. The maximum absolute atomic E-state index is 12.5. The molecule has 0 aliphatic rings. The van der Waals surface area contributed by atoms with Crippen LogP contribution < -0.4 is 10.1 Å². The van der Waals surface area contributed by atoms with Crippen LogP contribution in [0.25, 0.3) is 0 Å². The van der Waals surface area contributed by atoms with Gasteiger partial charge in [0.15, 0.2) is 0 Å². The van der Waals surface area contributed by atoms with Gasteiger partial charge in [0.05, 0.1) is 25.4 Å². The van der Waals surface area contributed by atoms with Crippen LogP contribution in [0.3, 0.4) is 0 Å². The standard InChI is InChI=1S/C18H16ClN3O2/c1-24-16-9-5-3-7-14(16)18(23)21-17-10-11-20-22(17)12-13-6-2-4-8-15(13)19/h2-11H,12H2,1H3,(H,21,23). The van der Waals surface area contributed by atoms with E-state index in [1.807, 2.05) is 30.3 Å². The largest absolute Gasteiger partial charge is 0.496 e. The summed E-state index contributed by atoms with van der Waals surface area (Å²) in [7, 11) is 1.54. The fourth-order valence-electron chi connectivity index (χ4n) is 2.37. The number of aromatic nitrogens is 2. The van der Waals surface area contributed by atoms with Crippen LogP contribution in [0, 0.1) is 0 Å². The Bertz CT molecular complexity index is 861. The molecule has 0 unspecified atom stereocenters. The van der Waals surface area contributed by atoms with Crippen LogP contribution in [-0.2, 0) is 6.54 Å². The van der Waals surface area contributed by atoms with Crippen molar-refractivity contribution in [1.82, 2.24) is 9.78 Å². The van der Waals surface area contributed by atoms with Crippen molar-refractivity contribution >= 4 is 23.3 Å². The molecule has 0 aliphatic heterocycles. The van der Waals surface area contributed by atoms with E-state index < -0.39 is 0 Å². The van der Waals surface area contributed by atoms with Gasteiger partial charge < -0.3 is 10.1 Å². The van der Waals surface area contributed by atoms with Crippen molar-refractivity contribution in [3.8, 4) is 5.75 Å². The summed E-state index contributed by atoms with van der Waals surface area (Å²) < 4.78 is 6.92. The smallest absolute Gasteiger partial charge is 0.260 e. The minimum atomic E-state index is -0.256. The van der Waals surface area contributed by atoms with Crippen LogP contribution in [0.5, 0.6) is 5.75 Å². The Balaban J connectivity index is 1.81. The van der Waals surface area contributed by atoms with Gasteiger partial charge in [-0.3, -0.25) is 4.79 Å². The maximum Gasteiger partial charge on any atom is 0.260 e. The molecule has 0 spiro atoms. The monoisotopic (exact) mass is 341 g/mol. The van der Waals surface area contributed by atoms with Crippen molar-refractivity contribution < 1.29 is 9.53 Å². The minimum absolute atomic E-state index is 0.256. The van der Waals surface area contributed by atoms with Gasteiger partial charge in [-0.05, 0) is 23.8 Å². The lowest BCUT2D eigenvalue weighted by atomic mass is 10.2. The number of carbonyl (C=O) groups is 1. The van der Waals surface area contributed by atoms with Gasteiger partial charge >= 0.3 is 0 Å². The predicted molar refractivity (Wildman–Crippen MR) is 93.7 cm³/mol. The lowest BCUT2D eigenvalue weighted by Gasteiger charge is -2.11. The zero-order valence-electron chi connectivity index (χ0n) is 13.1. The topological polar surface area (TPSA) is 56.1 Å². The van der Waals surface area contributed by atoms with Crippen LogP contribution in [0.2, 0.25) is 5.02 Å². The molecule has 3 rings (SSSR count). The summed E-state index contributed by atoms with van der Waals surface area (Å²) in [6.07, 6.45) is 1.63. The number of nitrogens with one attached hydrogen (secondary N) is 1. The van der Waals surface area contributed by atoms with E-state index in [1.165, 1.54) is 7.11 Å². The summed E-state index contributed by atoms with van der Waals surface area (Å²) in [4.78, 5) is 12.5. The highest BCUT2D eigenvalue weighted by Gasteiger charge is 2.14. The molecule has 0 bridgehead atoms. The zero-order valence-corrected chi connectivity index (χ0v) is 13.8. The number of hydrogen-bond donors (Lipinski definition) is 1. The van der Waals surface area contributed by atoms with Gasteiger partial charge in [0.25, 0.3) is 5.91 Å². The Kier molecular flexibility index (Phi) is 4.82. The quantitative estimate of drug-likeness (QED) is 0.767. The molecular weight excluding hydrogens is 326 g/mol. The molecule has 1 amide bonds. The second kappa shape index (κ2) is 7.19. The average molecular weight is 342 g/mol. The van der Waals surface area contributed by atoms with Crippen molar-refractivity contribution in [2.45, 2.75) is 6.54 Å². The molecule has 3 aromatic rings. The van der Waals surface area contributed by atoms with Crippen LogP contribution in [0.1, 0.15) is 15.9 Å². The first-order chi connectivity index (χ1) is 11.7. The van der Waals surface area contributed by atoms with Gasteiger partial charge in [-0.15, -0.1) is 0 Å². The van der Waals surface area contributed by atoms with Gasteiger partial charge in [-0.2, -0.15) is 5.10 Å². The van der Waals surface area contributed by atoms with E-state index in [-0.39, 0.29) is 5.91 Å². The molecule has 1 N–H and O–H groups in total. The normalized spacial score (nSPS) is 10.4. The third kappa shape index (κ3) is 3.41.